The van der Waals surface area contributed by atoms with E-state index in [1.54, 1.807) is 13.2 Å². The van der Waals surface area contributed by atoms with Gasteiger partial charge in [0.25, 0.3) is 0 Å². The van der Waals surface area contributed by atoms with E-state index >= 15 is 0 Å². The Morgan fingerprint density at radius 3 is 2.64 bits per heavy atom. The molecule has 124 valence electrons. The smallest absolute Gasteiger partial charge is 0.159 e. The molecule has 0 aromatic heterocycles. The minimum atomic E-state index is -0.872. The number of ether oxygens (including phenoxy) is 2. The lowest BCUT2D eigenvalue weighted by molar-refractivity contribution is -0.0178. The molecule has 0 spiro atoms. The zero-order valence-corrected chi connectivity index (χ0v) is 12.8. The molecule has 1 fully saturated rings. The molecule has 2 rings (SSSR count). The number of halogens is 2. The molecule has 4 nitrogen and oxygen atoms in total. The Labute approximate surface area is 129 Å². The summed E-state index contributed by atoms with van der Waals surface area (Å²) in [5, 5.41) is 13.0. The number of benzene rings is 1. The van der Waals surface area contributed by atoms with E-state index in [1.165, 1.54) is 6.07 Å². The van der Waals surface area contributed by atoms with Crippen LogP contribution in [0.2, 0.25) is 0 Å². The summed E-state index contributed by atoms with van der Waals surface area (Å²) in [7, 11) is 1.56. The molecule has 22 heavy (non-hydrogen) atoms. The molecule has 1 aromatic carbocycles. The van der Waals surface area contributed by atoms with Crippen LogP contribution in [0.1, 0.15) is 24.4 Å². The van der Waals surface area contributed by atoms with Crippen LogP contribution in [-0.4, -0.2) is 45.2 Å². The van der Waals surface area contributed by atoms with Crippen LogP contribution >= 0.6 is 0 Å². The first kappa shape index (κ1) is 17.3. The molecule has 1 heterocycles. The Kier molecular flexibility index (Phi) is 6.26. The van der Waals surface area contributed by atoms with Gasteiger partial charge in [-0.1, -0.05) is 6.07 Å². The van der Waals surface area contributed by atoms with Gasteiger partial charge in [-0.3, -0.25) is 0 Å². The highest BCUT2D eigenvalue weighted by atomic mass is 19.2. The quantitative estimate of drug-likeness (QED) is 0.808. The number of aliphatic hydroxyl groups is 1. The zero-order valence-electron chi connectivity index (χ0n) is 12.8. The standard InChI is InChI=1S/C16H23F2NO3/c1-21-9-15(12-2-3-13(17)14(18)8-12)19-10-16(11-20)4-6-22-7-5-16/h2-3,8,15,19-20H,4-7,9-11H2,1H3. The Balaban J connectivity index is 2.06. The minimum absolute atomic E-state index is 0.0703. The Hall–Kier alpha value is -1.08. The van der Waals surface area contributed by atoms with Crippen LogP contribution in [-0.2, 0) is 9.47 Å². The van der Waals surface area contributed by atoms with Crippen molar-refractivity contribution in [3.63, 3.8) is 0 Å². The van der Waals surface area contributed by atoms with Crippen LogP contribution in [0.3, 0.4) is 0 Å². The fourth-order valence-electron chi connectivity index (χ4n) is 2.70. The van der Waals surface area contributed by atoms with Crippen LogP contribution in [0.15, 0.2) is 18.2 Å². The predicted molar refractivity (Wildman–Crippen MR) is 78.5 cm³/mol. The van der Waals surface area contributed by atoms with Crippen LogP contribution in [0.25, 0.3) is 0 Å². The molecular formula is C16H23F2NO3. The topological polar surface area (TPSA) is 50.7 Å². The van der Waals surface area contributed by atoms with Crippen molar-refractivity contribution in [1.29, 1.82) is 0 Å². The van der Waals surface area contributed by atoms with Crippen molar-refractivity contribution >= 4 is 0 Å². The second-order valence-electron chi connectivity index (χ2n) is 5.83. The Morgan fingerprint density at radius 1 is 1.32 bits per heavy atom. The normalized spacial score (nSPS) is 19.1. The third-order valence-electron chi connectivity index (χ3n) is 4.29. The van der Waals surface area contributed by atoms with Gasteiger partial charge in [0.2, 0.25) is 0 Å². The van der Waals surface area contributed by atoms with E-state index < -0.39 is 11.6 Å². The SMILES string of the molecule is COCC(NCC1(CO)CCOCC1)c1ccc(F)c(F)c1. The average Bonchev–Trinajstić information content (AvgIpc) is 2.55. The number of hydrogen-bond acceptors (Lipinski definition) is 4. The van der Waals surface area contributed by atoms with E-state index in [2.05, 4.69) is 5.32 Å². The molecule has 1 aliphatic rings. The summed E-state index contributed by atoms with van der Waals surface area (Å²) in [5.74, 6) is -1.74. The van der Waals surface area contributed by atoms with Crippen LogP contribution in [0.4, 0.5) is 8.78 Å². The van der Waals surface area contributed by atoms with Gasteiger partial charge in [0.1, 0.15) is 0 Å². The molecule has 1 unspecified atom stereocenters. The first-order valence-corrected chi connectivity index (χ1v) is 7.46. The van der Waals surface area contributed by atoms with Crippen molar-refractivity contribution in [3.05, 3.63) is 35.4 Å². The van der Waals surface area contributed by atoms with E-state index in [1.807, 2.05) is 0 Å². The molecule has 0 saturated carbocycles. The third kappa shape index (κ3) is 4.23. The molecule has 0 radical (unpaired) electrons. The van der Waals surface area contributed by atoms with E-state index in [0.717, 1.165) is 18.9 Å². The average molecular weight is 315 g/mol. The second kappa shape index (κ2) is 7.97. The first-order chi connectivity index (χ1) is 10.6. The van der Waals surface area contributed by atoms with Crippen LogP contribution in [0.5, 0.6) is 0 Å². The monoisotopic (exact) mass is 315 g/mol. The molecule has 2 N–H and O–H groups in total. The predicted octanol–water partition coefficient (Wildman–Crippen LogP) is 2.03. The number of aliphatic hydroxyl groups excluding tert-OH is 1. The maximum atomic E-state index is 13.4. The highest BCUT2D eigenvalue weighted by Gasteiger charge is 2.32. The van der Waals surface area contributed by atoms with E-state index in [0.29, 0.717) is 31.9 Å². The summed E-state index contributed by atoms with van der Waals surface area (Å²) in [5.41, 5.74) is 0.393. The Morgan fingerprint density at radius 2 is 2.05 bits per heavy atom. The zero-order chi connectivity index (χ0) is 16.0. The summed E-state index contributed by atoms with van der Waals surface area (Å²) >= 11 is 0. The van der Waals surface area contributed by atoms with Crippen LogP contribution in [0, 0.1) is 17.0 Å². The number of rotatable bonds is 7. The lowest BCUT2D eigenvalue weighted by atomic mass is 9.80. The van der Waals surface area contributed by atoms with Crippen molar-refractivity contribution in [2.24, 2.45) is 5.41 Å². The number of methoxy groups -OCH3 is 1. The minimum Gasteiger partial charge on any atom is -0.396 e. The van der Waals surface area contributed by atoms with Crippen molar-refractivity contribution < 1.29 is 23.4 Å². The summed E-state index contributed by atoms with van der Waals surface area (Å²) in [6, 6.07) is 3.59. The second-order valence-corrected chi connectivity index (χ2v) is 5.83. The summed E-state index contributed by atoms with van der Waals surface area (Å²) in [6.07, 6.45) is 1.54. The molecule has 6 heteroatoms. The molecule has 0 aliphatic carbocycles. The van der Waals surface area contributed by atoms with Gasteiger partial charge >= 0.3 is 0 Å². The molecule has 1 aliphatic heterocycles. The summed E-state index contributed by atoms with van der Waals surface area (Å²) in [4.78, 5) is 0. The largest absolute Gasteiger partial charge is 0.396 e. The number of hydrogen-bond donors (Lipinski definition) is 2. The van der Waals surface area contributed by atoms with Crippen molar-refractivity contribution in [2.45, 2.75) is 18.9 Å². The van der Waals surface area contributed by atoms with Gasteiger partial charge in [0, 0.05) is 32.3 Å². The molecule has 0 bridgehead atoms. The molecule has 1 aromatic rings. The summed E-state index contributed by atoms with van der Waals surface area (Å²) in [6.45, 7) is 2.23. The maximum Gasteiger partial charge on any atom is 0.159 e. The van der Waals surface area contributed by atoms with Gasteiger partial charge in [0.15, 0.2) is 11.6 Å². The van der Waals surface area contributed by atoms with Gasteiger partial charge in [-0.05, 0) is 30.5 Å². The molecular weight excluding hydrogens is 292 g/mol. The van der Waals surface area contributed by atoms with Gasteiger partial charge in [-0.15, -0.1) is 0 Å². The van der Waals surface area contributed by atoms with Gasteiger partial charge in [0.05, 0.1) is 19.3 Å². The van der Waals surface area contributed by atoms with E-state index in [4.69, 9.17) is 9.47 Å². The maximum absolute atomic E-state index is 13.4. The van der Waals surface area contributed by atoms with Gasteiger partial charge in [-0.25, -0.2) is 8.78 Å². The highest BCUT2D eigenvalue weighted by molar-refractivity contribution is 5.21. The van der Waals surface area contributed by atoms with Crippen LogP contribution < -0.4 is 5.32 Å². The van der Waals surface area contributed by atoms with Crippen molar-refractivity contribution in [2.75, 3.05) is 40.1 Å². The molecule has 1 atom stereocenters. The number of nitrogens with one attached hydrogen (secondary N) is 1. The Bertz CT molecular complexity index is 478. The van der Waals surface area contributed by atoms with Crippen molar-refractivity contribution in [1.82, 2.24) is 5.32 Å². The lowest BCUT2D eigenvalue weighted by Crippen LogP contribution is -2.43. The summed E-state index contributed by atoms with van der Waals surface area (Å²) < 4.78 is 37.0. The molecule has 1 saturated heterocycles. The lowest BCUT2D eigenvalue weighted by Gasteiger charge is -2.37. The van der Waals surface area contributed by atoms with Crippen molar-refractivity contribution in [3.8, 4) is 0 Å². The van der Waals surface area contributed by atoms with E-state index in [-0.39, 0.29) is 18.1 Å². The highest BCUT2D eigenvalue weighted by Crippen LogP contribution is 2.30. The fourth-order valence-corrected chi connectivity index (χ4v) is 2.70. The van der Waals surface area contributed by atoms with Gasteiger partial charge in [-0.2, -0.15) is 0 Å². The fraction of sp³-hybridized carbons (Fsp3) is 0.625. The first-order valence-electron chi connectivity index (χ1n) is 7.46. The van der Waals surface area contributed by atoms with E-state index in [9.17, 15) is 13.9 Å². The third-order valence-corrected chi connectivity index (χ3v) is 4.29. The van der Waals surface area contributed by atoms with Gasteiger partial charge < -0.3 is 19.9 Å². The molecule has 0 amide bonds.